The average molecular weight is 493 g/mol. The normalized spacial score (nSPS) is 10.8. The average Bonchev–Trinajstić information content (AvgIpc) is 3.15. The lowest BCUT2D eigenvalue weighted by Crippen LogP contribution is -2.34. The van der Waals surface area contributed by atoms with Crippen LogP contribution >= 0.6 is 11.3 Å². The highest BCUT2D eigenvalue weighted by Crippen LogP contribution is 2.39. The fourth-order valence-corrected chi connectivity index (χ4v) is 3.69. The molecule has 0 spiro atoms. The maximum atomic E-state index is 9.19. The number of anilines is 1. The molecule has 11 heteroatoms. The Morgan fingerprint density at radius 2 is 1.45 bits per heavy atom. The number of guanidine groups is 1. The maximum absolute atomic E-state index is 9.19. The van der Waals surface area contributed by atoms with E-state index in [0.29, 0.717) is 11.4 Å². The van der Waals surface area contributed by atoms with Crippen molar-refractivity contribution in [2.24, 2.45) is 0 Å². The van der Waals surface area contributed by atoms with E-state index in [1.54, 1.807) is 14.2 Å². The van der Waals surface area contributed by atoms with E-state index in [0.717, 1.165) is 33.2 Å². The topological polar surface area (TPSA) is 134 Å². The Kier molecular flexibility index (Phi) is 9.21. The minimum absolute atomic E-state index is 0.169. The van der Waals surface area contributed by atoms with Crippen molar-refractivity contribution in [2.45, 2.75) is 19.9 Å². The van der Waals surface area contributed by atoms with Crippen LogP contribution < -0.4 is 20.1 Å². The van der Waals surface area contributed by atoms with Crippen molar-refractivity contribution >= 4 is 32.5 Å². The molecule has 0 bridgehead atoms. The van der Waals surface area contributed by atoms with Crippen molar-refractivity contribution in [1.82, 2.24) is 10.3 Å². The number of nitrogens with zero attached hydrogens (tertiary/aromatic N) is 1. The van der Waals surface area contributed by atoms with Crippen molar-refractivity contribution in [3.8, 4) is 33.2 Å². The number of rotatable bonds is 6. The van der Waals surface area contributed by atoms with E-state index in [2.05, 4.69) is 10.6 Å². The zero-order valence-corrected chi connectivity index (χ0v) is 20.7. The largest absolute Gasteiger partial charge is 0.497 e. The van der Waals surface area contributed by atoms with E-state index in [1.165, 1.54) is 11.3 Å². The van der Waals surface area contributed by atoms with Crippen molar-refractivity contribution in [2.75, 3.05) is 25.8 Å². The van der Waals surface area contributed by atoms with E-state index in [1.807, 2.05) is 62.4 Å². The van der Waals surface area contributed by atoms with Gasteiger partial charge in [0.15, 0.2) is 11.1 Å². The summed E-state index contributed by atoms with van der Waals surface area (Å²) in [7, 11) is -0.365. The molecule has 0 aliphatic heterocycles. The third-order valence-electron chi connectivity index (χ3n) is 4.01. The Morgan fingerprint density at radius 1 is 1.00 bits per heavy atom. The van der Waals surface area contributed by atoms with Crippen molar-refractivity contribution in [1.29, 1.82) is 5.41 Å². The molecule has 1 heterocycles. The van der Waals surface area contributed by atoms with Crippen LogP contribution in [0.5, 0.6) is 11.5 Å². The van der Waals surface area contributed by atoms with E-state index in [-0.39, 0.29) is 12.0 Å². The summed E-state index contributed by atoms with van der Waals surface area (Å²) in [5, 5.41) is 14.8. The molecular weight excluding hydrogens is 464 g/mol. The summed E-state index contributed by atoms with van der Waals surface area (Å²) in [6.45, 7) is 3.98. The van der Waals surface area contributed by atoms with Gasteiger partial charge >= 0.3 is 0 Å². The smallest absolute Gasteiger partial charge is 0.261 e. The fraction of sp³-hybridized carbons (Fsp3) is 0.273. The van der Waals surface area contributed by atoms with Crippen LogP contribution in [0.1, 0.15) is 13.8 Å². The zero-order valence-electron chi connectivity index (χ0n) is 19.0. The summed E-state index contributed by atoms with van der Waals surface area (Å²) in [5.41, 5.74) is 2.89. The predicted octanol–water partition coefficient (Wildman–Crippen LogP) is 4.34. The van der Waals surface area contributed by atoms with Crippen LogP contribution in [0.2, 0.25) is 0 Å². The van der Waals surface area contributed by atoms with Crippen LogP contribution in [0.15, 0.2) is 48.5 Å². The quantitative estimate of drug-likeness (QED) is 0.227. The second-order valence-electron chi connectivity index (χ2n) is 7.19. The van der Waals surface area contributed by atoms with Gasteiger partial charge < -0.3 is 20.1 Å². The number of benzene rings is 2. The van der Waals surface area contributed by atoms with Gasteiger partial charge in [0.2, 0.25) is 0 Å². The summed E-state index contributed by atoms with van der Waals surface area (Å²) in [6, 6.07) is 15.9. The Balaban J connectivity index is 0.000000696. The molecule has 0 aliphatic rings. The van der Waals surface area contributed by atoms with Gasteiger partial charge in [-0.2, -0.15) is 8.42 Å². The van der Waals surface area contributed by atoms with Crippen LogP contribution in [-0.2, 0) is 10.1 Å². The molecule has 0 aliphatic carbocycles. The van der Waals surface area contributed by atoms with Crippen LogP contribution in [0, 0.1) is 5.41 Å². The molecule has 4 N–H and O–H groups in total. The number of aromatic nitrogens is 1. The molecule has 0 atom stereocenters. The highest BCUT2D eigenvalue weighted by Gasteiger charge is 2.16. The van der Waals surface area contributed by atoms with Gasteiger partial charge in [-0.15, -0.1) is 0 Å². The van der Waals surface area contributed by atoms with E-state index in [4.69, 9.17) is 24.4 Å². The molecule has 0 saturated carbocycles. The van der Waals surface area contributed by atoms with Gasteiger partial charge in [-0.1, -0.05) is 11.3 Å². The van der Waals surface area contributed by atoms with Crippen LogP contribution in [0.3, 0.4) is 0 Å². The Labute approximate surface area is 198 Å². The number of hydrogen-bond donors (Lipinski definition) is 4. The SMILES string of the molecule is COc1ccc(-c2nc(NC(=N)NC(C)C)sc2-c2ccc(OC)cc2)cc1.CS(=O)(=O)O. The number of nitrogens with one attached hydrogen (secondary N) is 3. The number of methoxy groups -OCH3 is 2. The van der Waals surface area contributed by atoms with E-state index >= 15 is 0 Å². The second kappa shape index (κ2) is 11.6. The first-order valence-electron chi connectivity index (χ1n) is 9.84. The van der Waals surface area contributed by atoms with Gasteiger partial charge in [0.25, 0.3) is 10.1 Å². The molecule has 2 aromatic carbocycles. The monoisotopic (exact) mass is 492 g/mol. The molecule has 3 aromatic rings. The van der Waals surface area contributed by atoms with Crippen LogP contribution in [0.25, 0.3) is 21.7 Å². The Bertz CT molecular complexity index is 1090. The number of ether oxygens (including phenoxy) is 2. The molecule has 0 fully saturated rings. The maximum Gasteiger partial charge on any atom is 0.261 e. The summed E-state index contributed by atoms with van der Waals surface area (Å²) in [5.74, 6) is 1.83. The predicted molar refractivity (Wildman–Crippen MR) is 133 cm³/mol. The van der Waals surface area contributed by atoms with Crippen LogP contribution in [-0.4, -0.2) is 50.4 Å². The summed E-state index contributed by atoms with van der Waals surface area (Å²) in [4.78, 5) is 5.78. The van der Waals surface area contributed by atoms with Crippen molar-refractivity contribution in [3.05, 3.63) is 48.5 Å². The molecule has 0 saturated heterocycles. The van der Waals surface area contributed by atoms with E-state index in [9.17, 15) is 8.42 Å². The molecule has 1 aromatic heterocycles. The standard InChI is InChI=1S/C21H24N4O2S.CH4O3S/c1-13(2)23-20(22)25-21-24-18(14-5-9-16(26-3)10-6-14)19(28-21)15-7-11-17(27-4)12-8-15;1-5(2,3)4/h5-13H,1-4H3,(H3,22,23,24,25);1H3,(H,2,3,4). The zero-order chi connectivity index (χ0) is 24.6. The van der Waals surface area contributed by atoms with Crippen molar-refractivity contribution < 1.29 is 22.4 Å². The van der Waals surface area contributed by atoms with E-state index < -0.39 is 10.1 Å². The number of thiazole rings is 1. The fourth-order valence-electron chi connectivity index (χ4n) is 2.69. The van der Waals surface area contributed by atoms with Gasteiger partial charge in [0, 0.05) is 11.6 Å². The molecule has 178 valence electrons. The molecular formula is C22H28N4O5S2. The second-order valence-corrected chi connectivity index (χ2v) is 9.65. The molecule has 0 unspecified atom stereocenters. The van der Waals surface area contributed by atoms with Crippen LogP contribution in [0.4, 0.5) is 5.13 Å². The number of hydrogen-bond acceptors (Lipinski definition) is 7. The minimum atomic E-state index is -3.67. The third-order valence-corrected chi connectivity index (χ3v) is 5.03. The van der Waals surface area contributed by atoms with Crippen molar-refractivity contribution in [3.63, 3.8) is 0 Å². The lowest BCUT2D eigenvalue weighted by Gasteiger charge is -2.10. The first kappa shape index (κ1) is 26.1. The lowest BCUT2D eigenvalue weighted by atomic mass is 10.1. The Hall–Kier alpha value is -3.15. The minimum Gasteiger partial charge on any atom is -0.497 e. The highest BCUT2D eigenvalue weighted by atomic mass is 32.2. The lowest BCUT2D eigenvalue weighted by molar-refractivity contribution is 0.414. The molecule has 3 rings (SSSR count). The molecule has 0 amide bonds. The molecule has 9 nitrogen and oxygen atoms in total. The van der Waals surface area contributed by atoms with Gasteiger partial charge in [-0.3, -0.25) is 9.96 Å². The summed E-state index contributed by atoms with van der Waals surface area (Å²) in [6.07, 6.45) is 0.715. The first-order valence-corrected chi connectivity index (χ1v) is 12.5. The van der Waals surface area contributed by atoms with Gasteiger partial charge in [0.05, 0.1) is 31.0 Å². The first-order chi connectivity index (χ1) is 15.5. The summed E-state index contributed by atoms with van der Waals surface area (Å²) < 4.78 is 36.4. The van der Waals surface area contributed by atoms with Gasteiger partial charge in [0.1, 0.15) is 11.5 Å². The molecule has 33 heavy (non-hydrogen) atoms. The third kappa shape index (κ3) is 8.72. The highest BCUT2D eigenvalue weighted by molar-refractivity contribution is 7.85. The Morgan fingerprint density at radius 3 is 1.88 bits per heavy atom. The van der Waals surface area contributed by atoms with Gasteiger partial charge in [-0.25, -0.2) is 4.98 Å². The molecule has 0 radical (unpaired) electrons. The van der Waals surface area contributed by atoms with Gasteiger partial charge in [-0.05, 0) is 67.9 Å². The summed E-state index contributed by atoms with van der Waals surface area (Å²) >= 11 is 1.51.